The van der Waals surface area contributed by atoms with Gasteiger partial charge in [0.1, 0.15) is 11.3 Å². The van der Waals surface area contributed by atoms with Crippen LogP contribution in [0.2, 0.25) is 0 Å². The van der Waals surface area contributed by atoms with E-state index in [1.807, 2.05) is 0 Å². The maximum absolute atomic E-state index is 10.3. The number of carbonyl (C=O) groups is 1. The van der Waals surface area contributed by atoms with Crippen LogP contribution in [-0.2, 0) is 16.8 Å². The topological polar surface area (TPSA) is 57.5 Å². The molecule has 0 heterocycles. The Labute approximate surface area is 127 Å². The molecule has 111 valence electrons. The number of benzene rings is 1. The molecule has 1 aromatic rings. The van der Waals surface area contributed by atoms with Gasteiger partial charge in [-0.3, -0.25) is 0 Å². The van der Waals surface area contributed by atoms with E-state index in [0.717, 1.165) is 0 Å². The van der Waals surface area contributed by atoms with Gasteiger partial charge in [-0.25, -0.2) is 4.79 Å². The average Bonchev–Trinajstić information content (AvgIpc) is 2.15. The Kier molecular flexibility index (Phi) is 16.3. The van der Waals surface area contributed by atoms with E-state index in [9.17, 15) is 4.79 Å². The molecule has 0 bridgehead atoms. The Morgan fingerprint density at radius 1 is 0.947 bits per heavy atom. The Bertz CT molecular complexity index is 324. The van der Waals surface area contributed by atoms with Crippen LogP contribution in [0, 0.1) is 11.8 Å². The Morgan fingerprint density at radius 2 is 1.26 bits per heavy atom. The van der Waals surface area contributed by atoms with Crippen molar-refractivity contribution >= 4 is 5.97 Å². The van der Waals surface area contributed by atoms with Crippen molar-refractivity contribution in [3.8, 4) is 5.75 Å². The SMILES string of the molecule is C[C-](C)C.C[C-](C)C.O=C(O)c1ccccc1O.[Co+2]. The van der Waals surface area contributed by atoms with Gasteiger partial charge in [0.25, 0.3) is 0 Å². The fourth-order valence-corrected chi connectivity index (χ4v) is 0.654. The fourth-order valence-electron chi connectivity index (χ4n) is 0.654. The summed E-state index contributed by atoms with van der Waals surface area (Å²) in [5, 5.41) is 17.3. The number of aromatic carboxylic acids is 1. The molecule has 0 aliphatic carbocycles. The van der Waals surface area contributed by atoms with Crippen LogP contribution in [-0.4, -0.2) is 16.2 Å². The van der Waals surface area contributed by atoms with Gasteiger partial charge in [-0.1, -0.05) is 12.1 Å². The first-order chi connectivity index (χ1) is 8.18. The van der Waals surface area contributed by atoms with Crippen molar-refractivity contribution in [3.63, 3.8) is 0 Å². The molecule has 0 saturated carbocycles. The first-order valence-electron chi connectivity index (χ1n) is 5.73. The number of para-hydroxylation sites is 1. The first-order valence-corrected chi connectivity index (χ1v) is 5.73. The molecule has 0 spiro atoms. The van der Waals surface area contributed by atoms with E-state index in [2.05, 4.69) is 41.5 Å². The molecule has 0 amide bonds. The predicted octanol–water partition coefficient (Wildman–Crippen LogP) is 4.33. The van der Waals surface area contributed by atoms with Gasteiger partial charge in [-0.15, -0.1) is 0 Å². The van der Waals surface area contributed by atoms with Gasteiger partial charge >= 0.3 is 22.7 Å². The number of carboxylic acid groups (broad SMARTS) is 1. The van der Waals surface area contributed by atoms with Crippen LogP contribution in [0.25, 0.3) is 0 Å². The van der Waals surface area contributed by atoms with Gasteiger partial charge in [0, 0.05) is 0 Å². The Balaban J connectivity index is -0.000000242. The molecular weight excluding hydrogens is 287 g/mol. The summed E-state index contributed by atoms with van der Waals surface area (Å²) in [6.45, 7) is 12.5. The zero-order chi connectivity index (χ0) is 14.7. The summed E-state index contributed by atoms with van der Waals surface area (Å²) >= 11 is 0. The van der Waals surface area contributed by atoms with Crippen LogP contribution in [0.3, 0.4) is 0 Å². The molecule has 1 aromatic carbocycles. The van der Waals surface area contributed by atoms with E-state index < -0.39 is 5.97 Å². The van der Waals surface area contributed by atoms with E-state index in [1.54, 1.807) is 12.1 Å². The van der Waals surface area contributed by atoms with Crippen LogP contribution in [0.4, 0.5) is 0 Å². The quantitative estimate of drug-likeness (QED) is 0.759. The molecule has 0 aliphatic heterocycles. The van der Waals surface area contributed by atoms with Crippen molar-refractivity contribution in [2.75, 3.05) is 0 Å². The molecule has 0 aromatic heterocycles. The zero-order valence-corrected chi connectivity index (χ0v) is 13.5. The Hall–Kier alpha value is -1.00. The number of carboxylic acids is 1. The second kappa shape index (κ2) is 13.4. The molecule has 4 heteroatoms. The maximum Gasteiger partial charge on any atom is 2.00 e. The largest absolute Gasteiger partial charge is 2.00 e. The maximum atomic E-state index is 10.3. The summed E-state index contributed by atoms with van der Waals surface area (Å²) < 4.78 is 0. The molecule has 0 atom stereocenters. The van der Waals surface area contributed by atoms with E-state index in [1.165, 1.54) is 24.0 Å². The number of hydrogen-bond donors (Lipinski definition) is 2. The summed E-state index contributed by atoms with van der Waals surface area (Å²) in [7, 11) is 0. The first kappa shape index (κ1) is 23.1. The van der Waals surface area contributed by atoms with Crippen molar-refractivity contribution in [2.24, 2.45) is 0 Å². The van der Waals surface area contributed by atoms with Crippen LogP contribution in [0.5, 0.6) is 5.75 Å². The Morgan fingerprint density at radius 3 is 1.47 bits per heavy atom. The van der Waals surface area contributed by atoms with Crippen molar-refractivity contribution in [2.45, 2.75) is 41.5 Å². The molecule has 0 unspecified atom stereocenters. The minimum Gasteiger partial charge on any atom is -0.507 e. The number of rotatable bonds is 1. The van der Waals surface area contributed by atoms with Crippen LogP contribution in [0.1, 0.15) is 51.9 Å². The molecule has 3 nitrogen and oxygen atoms in total. The molecule has 0 aliphatic rings. The van der Waals surface area contributed by atoms with Gasteiger partial charge in [0.15, 0.2) is 0 Å². The third-order valence-corrected chi connectivity index (χ3v) is 1.13. The van der Waals surface area contributed by atoms with Crippen LogP contribution >= 0.6 is 0 Å². The summed E-state index contributed by atoms with van der Waals surface area (Å²) in [5.41, 5.74) is -0.0671. The van der Waals surface area contributed by atoms with Gasteiger partial charge in [0.2, 0.25) is 0 Å². The molecule has 1 rings (SSSR count). The average molecular weight is 311 g/mol. The van der Waals surface area contributed by atoms with Crippen molar-refractivity contribution in [3.05, 3.63) is 41.7 Å². The van der Waals surface area contributed by atoms with E-state index in [-0.39, 0.29) is 28.1 Å². The van der Waals surface area contributed by atoms with Gasteiger partial charge < -0.3 is 22.0 Å². The predicted molar refractivity (Wildman–Crippen MR) is 75.6 cm³/mol. The summed E-state index contributed by atoms with van der Waals surface area (Å²) in [6, 6.07) is 5.81. The molecule has 0 saturated heterocycles. The molecule has 0 fully saturated rings. The van der Waals surface area contributed by atoms with E-state index >= 15 is 0 Å². The van der Waals surface area contributed by atoms with Gasteiger partial charge in [0.05, 0.1) is 0 Å². The molecule has 2 N–H and O–H groups in total. The van der Waals surface area contributed by atoms with E-state index in [4.69, 9.17) is 10.2 Å². The minimum absolute atomic E-state index is 0. The third-order valence-electron chi connectivity index (χ3n) is 1.13. The van der Waals surface area contributed by atoms with E-state index in [0.29, 0.717) is 0 Å². The third kappa shape index (κ3) is 19.5. The fraction of sp³-hybridized carbons (Fsp3) is 0.400. The van der Waals surface area contributed by atoms with Crippen LogP contribution in [0.15, 0.2) is 24.3 Å². The molecule has 19 heavy (non-hydrogen) atoms. The monoisotopic (exact) mass is 311 g/mol. The van der Waals surface area contributed by atoms with Gasteiger partial charge in [-0.2, -0.15) is 41.5 Å². The second-order valence-electron chi connectivity index (χ2n) is 4.82. The summed E-state index contributed by atoms with van der Waals surface area (Å²) in [6.07, 6.45) is 0. The molecule has 1 radical (unpaired) electrons. The standard InChI is InChI=1S/C7H6O3.2C4H9.Co/c8-6-4-2-1-3-5(6)7(9)10;2*1-4(2)3;/h1-4,8H,(H,9,10);2*1-3H3;/q;2*-1;+2. The number of hydrogen-bond acceptors (Lipinski definition) is 2. The summed E-state index contributed by atoms with van der Waals surface area (Å²) in [4.78, 5) is 10.3. The number of aromatic hydroxyl groups is 1. The number of phenols is 1. The van der Waals surface area contributed by atoms with Crippen molar-refractivity contribution in [1.29, 1.82) is 0 Å². The van der Waals surface area contributed by atoms with Gasteiger partial charge in [-0.05, 0) is 12.1 Å². The minimum atomic E-state index is -1.11. The molecular formula is C15H24CoO3. The smallest absolute Gasteiger partial charge is 0.507 e. The van der Waals surface area contributed by atoms with Crippen molar-refractivity contribution in [1.82, 2.24) is 0 Å². The summed E-state index contributed by atoms with van der Waals surface area (Å²) in [5.74, 6) is 1.52. The normalized spacial score (nSPS) is 8.63. The second-order valence-corrected chi connectivity index (χ2v) is 4.82. The van der Waals surface area contributed by atoms with Crippen molar-refractivity contribution < 1.29 is 31.8 Å². The zero-order valence-electron chi connectivity index (χ0n) is 12.4. The van der Waals surface area contributed by atoms with Crippen LogP contribution < -0.4 is 0 Å².